The Balaban J connectivity index is 1.95. The molecule has 0 radical (unpaired) electrons. The van der Waals surface area contributed by atoms with Crippen LogP contribution < -0.4 is 5.32 Å². The number of hydrogen-bond donors (Lipinski definition) is 1. The zero-order valence-corrected chi connectivity index (χ0v) is 13.5. The fraction of sp³-hybridized carbons (Fsp3) is 0.412. The van der Waals surface area contributed by atoms with Crippen LogP contribution in [-0.4, -0.2) is 10.9 Å². The van der Waals surface area contributed by atoms with Crippen molar-refractivity contribution < 1.29 is 4.79 Å². The SMILES string of the molecule is CCCCCCC(=O)Nc1nc(-c2ccccc2)c(C)s1. The van der Waals surface area contributed by atoms with Crippen LogP contribution in [0.2, 0.25) is 0 Å². The van der Waals surface area contributed by atoms with E-state index in [0.717, 1.165) is 29.0 Å². The number of anilines is 1. The number of aromatic nitrogens is 1. The Labute approximate surface area is 130 Å². The van der Waals surface area contributed by atoms with Crippen molar-refractivity contribution in [3.63, 3.8) is 0 Å². The standard InChI is InChI=1S/C17H22N2OS/c1-3-4-5-9-12-15(20)18-17-19-16(13(2)21-17)14-10-7-6-8-11-14/h6-8,10-11H,3-5,9,12H2,1-2H3,(H,18,19,20). The van der Waals surface area contributed by atoms with Gasteiger partial charge in [-0.1, -0.05) is 56.5 Å². The van der Waals surface area contributed by atoms with E-state index in [9.17, 15) is 4.79 Å². The summed E-state index contributed by atoms with van der Waals surface area (Å²) in [6, 6.07) is 10.1. The molecule has 0 fully saturated rings. The van der Waals surface area contributed by atoms with E-state index in [4.69, 9.17) is 0 Å². The highest BCUT2D eigenvalue weighted by Gasteiger charge is 2.11. The van der Waals surface area contributed by atoms with Crippen LogP contribution >= 0.6 is 11.3 Å². The number of carbonyl (C=O) groups is 1. The van der Waals surface area contributed by atoms with Crippen LogP contribution in [0.1, 0.15) is 43.9 Å². The zero-order chi connectivity index (χ0) is 15.1. The second-order valence-corrected chi connectivity index (χ2v) is 6.35. The number of unbranched alkanes of at least 4 members (excludes halogenated alkanes) is 3. The molecule has 1 aromatic carbocycles. The van der Waals surface area contributed by atoms with Crippen molar-refractivity contribution in [3.05, 3.63) is 35.2 Å². The molecule has 0 aliphatic rings. The van der Waals surface area contributed by atoms with Crippen LogP contribution in [0.5, 0.6) is 0 Å². The van der Waals surface area contributed by atoms with Gasteiger partial charge in [-0.15, -0.1) is 11.3 Å². The normalized spacial score (nSPS) is 10.6. The first-order chi connectivity index (χ1) is 10.2. The highest BCUT2D eigenvalue weighted by Crippen LogP contribution is 2.30. The van der Waals surface area contributed by atoms with E-state index in [1.807, 2.05) is 37.3 Å². The number of amides is 1. The maximum atomic E-state index is 11.9. The maximum absolute atomic E-state index is 11.9. The van der Waals surface area contributed by atoms with Gasteiger partial charge in [0, 0.05) is 16.9 Å². The minimum atomic E-state index is 0.0689. The Morgan fingerprint density at radius 3 is 2.67 bits per heavy atom. The predicted molar refractivity (Wildman–Crippen MR) is 89.7 cm³/mol. The Morgan fingerprint density at radius 2 is 1.95 bits per heavy atom. The minimum absolute atomic E-state index is 0.0689. The van der Waals surface area contributed by atoms with E-state index < -0.39 is 0 Å². The fourth-order valence-electron chi connectivity index (χ4n) is 2.21. The molecule has 0 saturated carbocycles. The van der Waals surface area contributed by atoms with Crippen molar-refractivity contribution in [2.75, 3.05) is 5.32 Å². The van der Waals surface area contributed by atoms with Gasteiger partial charge in [0.1, 0.15) is 0 Å². The number of benzene rings is 1. The van der Waals surface area contributed by atoms with E-state index in [2.05, 4.69) is 17.2 Å². The summed E-state index contributed by atoms with van der Waals surface area (Å²) in [6.45, 7) is 4.21. The third-order valence-corrected chi connectivity index (χ3v) is 4.23. The molecule has 3 nitrogen and oxygen atoms in total. The molecule has 1 N–H and O–H groups in total. The molecule has 21 heavy (non-hydrogen) atoms. The van der Waals surface area contributed by atoms with Crippen LogP contribution in [0, 0.1) is 6.92 Å². The lowest BCUT2D eigenvalue weighted by Crippen LogP contribution is -2.10. The van der Waals surface area contributed by atoms with Crippen molar-refractivity contribution >= 4 is 22.4 Å². The van der Waals surface area contributed by atoms with Crippen molar-refractivity contribution in [1.82, 2.24) is 4.98 Å². The number of aryl methyl sites for hydroxylation is 1. The topological polar surface area (TPSA) is 42.0 Å². The number of nitrogens with one attached hydrogen (secondary N) is 1. The van der Waals surface area contributed by atoms with Crippen LogP contribution in [0.4, 0.5) is 5.13 Å². The summed E-state index contributed by atoms with van der Waals surface area (Å²) in [5, 5.41) is 3.62. The molecule has 0 aliphatic heterocycles. The number of carbonyl (C=O) groups excluding carboxylic acids is 1. The monoisotopic (exact) mass is 302 g/mol. The first-order valence-corrected chi connectivity index (χ1v) is 8.35. The van der Waals surface area contributed by atoms with Gasteiger partial charge in [0.15, 0.2) is 5.13 Å². The molecule has 112 valence electrons. The molecular formula is C17H22N2OS. The van der Waals surface area contributed by atoms with Gasteiger partial charge in [0.2, 0.25) is 5.91 Å². The quantitative estimate of drug-likeness (QED) is 0.729. The van der Waals surface area contributed by atoms with E-state index >= 15 is 0 Å². The van der Waals surface area contributed by atoms with Gasteiger partial charge in [-0.3, -0.25) is 4.79 Å². The summed E-state index contributed by atoms with van der Waals surface area (Å²) in [5.41, 5.74) is 2.05. The lowest BCUT2D eigenvalue weighted by molar-refractivity contribution is -0.116. The van der Waals surface area contributed by atoms with E-state index in [1.54, 1.807) is 0 Å². The third-order valence-electron chi connectivity index (χ3n) is 3.35. The molecule has 0 unspecified atom stereocenters. The lowest BCUT2D eigenvalue weighted by atomic mass is 10.1. The average molecular weight is 302 g/mol. The molecule has 2 aromatic rings. The van der Waals surface area contributed by atoms with Gasteiger partial charge in [-0.2, -0.15) is 0 Å². The fourth-order valence-corrected chi connectivity index (χ4v) is 3.06. The summed E-state index contributed by atoms with van der Waals surface area (Å²) in [4.78, 5) is 17.6. The summed E-state index contributed by atoms with van der Waals surface area (Å²) in [6.07, 6.45) is 5.04. The summed E-state index contributed by atoms with van der Waals surface area (Å²) < 4.78 is 0. The minimum Gasteiger partial charge on any atom is -0.302 e. The second kappa shape index (κ2) is 7.93. The first-order valence-electron chi connectivity index (χ1n) is 7.53. The van der Waals surface area contributed by atoms with Crippen molar-refractivity contribution in [2.45, 2.75) is 46.0 Å². The Bertz CT molecular complexity index is 578. The Morgan fingerprint density at radius 1 is 1.19 bits per heavy atom. The Kier molecular flexibility index (Phi) is 5.93. The van der Waals surface area contributed by atoms with Gasteiger partial charge in [-0.25, -0.2) is 4.98 Å². The molecule has 4 heteroatoms. The number of rotatable bonds is 7. The van der Waals surface area contributed by atoms with Crippen molar-refractivity contribution in [2.24, 2.45) is 0 Å². The van der Waals surface area contributed by atoms with Crippen LogP contribution in [-0.2, 0) is 4.79 Å². The smallest absolute Gasteiger partial charge is 0.226 e. The van der Waals surface area contributed by atoms with Crippen LogP contribution in [0.3, 0.4) is 0 Å². The molecule has 0 atom stereocenters. The van der Waals surface area contributed by atoms with Crippen LogP contribution in [0.25, 0.3) is 11.3 Å². The summed E-state index contributed by atoms with van der Waals surface area (Å²) in [7, 11) is 0. The highest BCUT2D eigenvalue weighted by molar-refractivity contribution is 7.16. The van der Waals surface area contributed by atoms with E-state index in [0.29, 0.717) is 11.6 Å². The molecule has 0 bridgehead atoms. The maximum Gasteiger partial charge on any atom is 0.226 e. The number of hydrogen-bond acceptors (Lipinski definition) is 3. The lowest BCUT2D eigenvalue weighted by Gasteiger charge is -2.01. The molecule has 0 spiro atoms. The summed E-state index contributed by atoms with van der Waals surface area (Å²) >= 11 is 1.54. The van der Waals surface area contributed by atoms with Gasteiger partial charge in [0.25, 0.3) is 0 Å². The molecule has 0 aliphatic carbocycles. The van der Waals surface area contributed by atoms with Crippen molar-refractivity contribution in [3.8, 4) is 11.3 Å². The number of nitrogens with zero attached hydrogens (tertiary/aromatic N) is 1. The Hall–Kier alpha value is -1.68. The molecule has 1 aromatic heterocycles. The van der Waals surface area contributed by atoms with Gasteiger partial charge in [0.05, 0.1) is 5.69 Å². The molecule has 1 amide bonds. The molecular weight excluding hydrogens is 280 g/mol. The van der Waals surface area contributed by atoms with Crippen molar-refractivity contribution in [1.29, 1.82) is 0 Å². The molecule has 2 rings (SSSR count). The summed E-state index contributed by atoms with van der Waals surface area (Å²) in [5.74, 6) is 0.0689. The largest absolute Gasteiger partial charge is 0.302 e. The molecule has 1 heterocycles. The average Bonchev–Trinajstić information content (AvgIpc) is 2.85. The van der Waals surface area contributed by atoms with E-state index in [-0.39, 0.29) is 5.91 Å². The van der Waals surface area contributed by atoms with Crippen LogP contribution in [0.15, 0.2) is 30.3 Å². The van der Waals surface area contributed by atoms with E-state index in [1.165, 1.54) is 24.2 Å². The highest BCUT2D eigenvalue weighted by atomic mass is 32.1. The second-order valence-electron chi connectivity index (χ2n) is 5.15. The van der Waals surface area contributed by atoms with Gasteiger partial charge >= 0.3 is 0 Å². The number of thiazole rings is 1. The third kappa shape index (κ3) is 4.67. The molecule has 0 saturated heterocycles. The predicted octanol–water partition coefficient (Wildman–Crippen LogP) is 5.03. The zero-order valence-electron chi connectivity index (χ0n) is 12.7. The van der Waals surface area contributed by atoms with Gasteiger partial charge in [-0.05, 0) is 13.3 Å². The first kappa shape index (κ1) is 15.7. The van der Waals surface area contributed by atoms with Gasteiger partial charge < -0.3 is 5.32 Å².